The fourth-order valence-electron chi connectivity index (χ4n) is 4.28. The summed E-state index contributed by atoms with van der Waals surface area (Å²) >= 11 is 0. The van der Waals surface area contributed by atoms with E-state index in [1.165, 1.54) is 6.42 Å². The minimum absolute atomic E-state index is 0.0473. The molecule has 2 fully saturated rings. The molecule has 2 saturated heterocycles. The molecule has 3 rings (SSSR count). The average Bonchev–Trinajstić information content (AvgIpc) is 2.68. The number of urea groups is 1. The number of amides is 3. The molecule has 7 nitrogen and oxygen atoms in total. The van der Waals surface area contributed by atoms with Crippen LogP contribution in [0.3, 0.4) is 0 Å². The van der Waals surface area contributed by atoms with Gasteiger partial charge >= 0.3 is 6.03 Å². The van der Waals surface area contributed by atoms with Crippen molar-refractivity contribution in [2.45, 2.75) is 33.2 Å². The highest BCUT2D eigenvalue weighted by Crippen LogP contribution is 2.21. The third-order valence-corrected chi connectivity index (χ3v) is 5.79. The van der Waals surface area contributed by atoms with Crippen molar-refractivity contribution in [1.29, 1.82) is 0 Å². The van der Waals surface area contributed by atoms with Gasteiger partial charge in [0.15, 0.2) is 0 Å². The first-order valence-electron chi connectivity index (χ1n) is 10.4. The molecule has 0 saturated carbocycles. The quantitative estimate of drug-likeness (QED) is 0.858. The molecule has 1 aromatic heterocycles. The second kappa shape index (κ2) is 9.37. The second-order valence-electron chi connectivity index (χ2n) is 8.46. The minimum atomic E-state index is -0.0572. The van der Waals surface area contributed by atoms with Crippen LogP contribution in [0.5, 0.6) is 0 Å². The van der Waals surface area contributed by atoms with E-state index in [1.807, 2.05) is 28.9 Å². The van der Waals surface area contributed by atoms with Crippen LogP contribution in [0.25, 0.3) is 0 Å². The van der Waals surface area contributed by atoms with Gasteiger partial charge in [0.2, 0.25) is 5.91 Å². The lowest BCUT2D eigenvalue weighted by Crippen LogP contribution is -2.54. The fraction of sp³-hybridized carbons (Fsp3) is 0.667. The van der Waals surface area contributed by atoms with Crippen LogP contribution in [0.15, 0.2) is 24.5 Å². The zero-order chi connectivity index (χ0) is 20.1. The summed E-state index contributed by atoms with van der Waals surface area (Å²) in [6, 6.07) is 3.72. The summed E-state index contributed by atoms with van der Waals surface area (Å²) in [6.45, 7) is 11.4. The number of pyridine rings is 1. The second-order valence-corrected chi connectivity index (χ2v) is 8.46. The number of hydrogen-bond donors (Lipinski definition) is 1. The lowest BCUT2D eigenvalue weighted by molar-refractivity contribution is -0.135. The number of nitrogens with zero attached hydrogens (tertiary/aromatic N) is 4. The van der Waals surface area contributed by atoms with Gasteiger partial charge in [-0.05, 0) is 42.9 Å². The van der Waals surface area contributed by atoms with Crippen LogP contribution in [-0.4, -0.2) is 77.4 Å². The van der Waals surface area contributed by atoms with Crippen LogP contribution < -0.4 is 5.32 Å². The molecule has 2 aliphatic heterocycles. The van der Waals surface area contributed by atoms with Crippen molar-refractivity contribution >= 4 is 11.9 Å². The van der Waals surface area contributed by atoms with Gasteiger partial charge in [-0.2, -0.15) is 0 Å². The zero-order valence-electron chi connectivity index (χ0n) is 17.3. The zero-order valence-corrected chi connectivity index (χ0v) is 17.3. The molecular formula is C21H33N5O2. The molecule has 0 aromatic carbocycles. The Kier molecular flexibility index (Phi) is 6.88. The maximum absolute atomic E-state index is 12.7. The standard InChI is InChI=1S/C21H33N5O2/c1-16-12-17(2)14-26(13-16)20(27)15-24-8-10-25(11-9-24)21(28)23-18(3)19-4-6-22-7-5-19/h4-7,16-18H,8-15H2,1-3H3,(H,23,28). The van der Waals surface area contributed by atoms with Crippen LogP contribution in [-0.2, 0) is 4.79 Å². The topological polar surface area (TPSA) is 68.8 Å². The van der Waals surface area contributed by atoms with Crippen molar-refractivity contribution in [2.24, 2.45) is 11.8 Å². The van der Waals surface area contributed by atoms with Crippen LogP contribution in [0.4, 0.5) is 4.79 Å². The highest BCUT2D eigenvalue weighted by molar-refractivity contribution is 5.78. The first-order chi connectivity index (χ1) is 13.4. The van der Waals surface area contributed by atoms with E-state index in [0.29, 0.717) is 31.5 Å². The number of piperidine rings is 1. The maximum Gasteiger partial charge on any atom is 0.317 e. The summed E-state index contributed by atoms with van der Waals surface area (Å²) in [7, 11) is 0. The van der Waals surface area contributed by atoms with Crippen molar-refractivity contribution in [3.8, 4) is 0 Å². The van der Waals surface area contributed by atoms with E-state index in [0.717, 1.165) is 31.7 Å². The molecular weight excluding hydrogens is 354 g/mol. The van der Waals surface area contributed by atoms with Gasteiger partial charge in [-0.1, -0.05) is 13.8 Å². The molecule has 3 heterocycles. The normalized spacial score (nSPS) is 24.7. The Morgan fingerprint density at radius 3 is 2.29 bits per heavy atom. The molecule has 0 aliphatic carbocycles. The fourth-order valence-corrected chi connectivity index (χ4v) is 4.28. The number of nitrogens with one attached hydrogen (secondary N) is 1. The Balaban J connectivity index is 1.42. The number of rotatable bonds is 4. The van der Waals surface area contributed by atoms with Crippen molar-refractivity contribution in [2.75, 3.05) is 45.8 Å². The van der Waals surface area contributed by atoms with Crippen molar-refractivity contribution in [3.05, 3.63) is 30.1 Å². The molecule has 0 spiro atoms. The molecule has 3 amide bonds. The number of aromatic nitrogens is 1. The van der Waals surface area contributed by atoms with Crippen LogP contribution >= 0.6 is 0 Å². The van der Waals surface area contributed by atoms with Gasteiger partial charge in [0.25, 0.3) is 0 Å². The minimum Gasteiger partial charge on any atom is -0.341 e. The van der Waals surface area contributed by atoms with E-state index >= 15 is 0 Å². The Hall–Kier alpha value is -2.15. The molecule has 3 atom stereocenters. The first-order valence-corrected chi connectivity index (χ1v) is 10.4. The lowest BCUT2D eigenvalue weighted by Gasteiger charge is -2.38. The van der Waals surface area contributed by atoms with E-state index in [4.69, 9.17) is 0 Å². The molecule has 0 bridgehead atoms. The summed E-state index contributed by atoms with van der Waals surface area (Å²) in [5.74, 6) is 1.38. The van der Waals surface area contributed by atoms with E-state index in [-0.39, 0.29) is 18.0 Å². The van der Waals surface area contributed by atoms with Crippen molar-refractivity contribution in [3.63, 3.8) is 0 Å². The Bertz CT molecular complexity index is 650. The molecule has 1 aromatic rings. The molecule has 7 heteroatoms. The van der Waals surface area contributed by atoms with Gasteiger partial charge in [-0.25, -0.2) is 4.79 Å². The van der Waals surface area contributed by atoms with E-state index in [2.05, 4.69) is 29.0 Å². The van der Waals surface area contributed by atoms with Crippen molar-refractivity contribution in [1.82, 2.24) is 25.0 Å². The highest BCUT2D eigenvalue weighted by Gasteiger charge is 2.28. The van der Waals surface area contributed by atoms with Crippen LogP contribution in [0.2, 0.25) is 0 Å². The number of likely N-dealkylation sites (tertiary alicyclic amines) is 1. The van der Waals surface area contributed by atoms with Gasteiger partial charge in [-0.3, -0.25) is 14.7 Å². The molecule has 2 aliphatic rings. The summed E-state index contributed by atoms with van der Waals surface area (Å²) in [6.07, 6.45) is 4.67. The van der Waals surface area contributed by atoms with Crippen LogP contribution in [0.1, 0.15) is 38.8 Å². The molecule has 3 unspecified atom stereocenters. The number of hydrogen-bond acceptors (Lipinski definition) is 4. The predicted molar refractivity (Wildman–Crippen MR) is 109 cm³/mol. The third kappa shape index (κ3) is 5.44. The van der Waals surface area contributed by atoms with Gasteiger partial charge in [0, 0.05) is 51.7 Å². The predicted octanol–water partition coefficient (Wildman–Crippen LogP) is 1.97. The van der Waals surface area contributed by atoms with Gasteiger partial charge < -0.3 is 15.1 Å². The number of carbonyl (C=O) groups excluding carboxylic acids is 2. The van der Waals surface area contributed by atoms with Gasteiger partial charge in [0.05, 0.1) is 12.6 Å². The summed E-state index contributed by atoms with van der Waals surface area (Å²) in [4.78, 5) is 35.2. The largest absolute Gasteiger partial charge is 0.341 e. The van der Waals surface area contributed by atoms with E-state index in [9.17, 15) is 9.59 Å². The Morgan fingerprint density at radius 2 is 1.68 bits per heavy atom. The Labute approximate surface area is 168 Å². The lowest BCUT2D eigenvalue weighted by atomic mass is 9.92. The smallest absolute Gasteiger partial charge is 0.317 e. The summed E-state index contributed by atoms with van der Waals surface area (Å²) < 4.78 is 0. The molecule has 1 N–H and O–H groups in total. The molecule has 154 valence electrons. The molecule has 0 radical (unpaired) electrons. The van der Waals surface area contributed by atoms with Crippen LogP contribution in [0, 0.1) is 11.8 Å². The summed E-state index contributed by atoms with van der Waals surface area (Å²) in [5, 5.41) is 3.05. The molecule has 28 heavy (non-hydrogen) atoms. The van der Waals surface area contributed by atoms with E-state index < -0.39 is 0 Å². The average molecular weight is 388 g/mol. The first kappa shape index (κ1) is 20.6. The summed E-state index contributed by atoms with van der Waals surface area (Å²) in [5.41, 5.74) is 1.04. The third-order valence-electron chi connectivity index (χ3n) is 5.79. The highest BCUT2D eigenvalue weighted by atomic mass is 16.2. The van der Waals surface area contributed by atoms with Crippen molar-refractivity contribution < 1.29 is 9.59 Å². The SMILES string of the molecule is CC1CC(C)CN(C(=O)CN2CCN(C(=O)NC(C)c3ccncc3)CC2)C1. The van der Waals surface area contributed by atoms with Gasteiger partial charge in [-0.15, -0.1) is 0 Å². The monoisotopic (exact) mass is 387 g/mol. The van der Waals surface area contributed by atoms with E-state index in [1.54, 1.807) is 12.4 Å². The number of carbonyl (C=O) groups is 2. The maximum atomic E-state index is 12.7. The Morgan fingerprint density at radius 1 is 1.07 bits per heavy atom. The number of piperazine rings is 1. The van der Waals surface area contributed by atoms with Gasteiger partial charge in [0.1, 0.15) is 0 Å².